The van der Waals surface area contributed by atoms with Gasteiger partial charge in [-0.1, -0.05) is 18.5 Å². The predicted molar refractivity (Wildman–Crippen MR) is 148 cm³/mol. The molecule has 0 bridgehead atoms. The summed E-state index contributed by atoms with van der Waals surface area (Å²) in [6.45, 7) is 4.22. The van der Waals surface area contributed by atoms with Crippen LogP contribution in [0.1, 0.15) is 18.2 Å². The minimum atomic E-state index is -4.59. The topological polar surface area (TPSA) is 134 Å². The zero-order valence-corrected chi connectivity index (χ0v) is 23.8. The number of piperazine rings is 1. The molecule has 1 amide bonds. The van der Waals surface area contributed by atoms with Crippen LogP contribution in [0, 0.1) is 0 Å². The SMILES string of the molecule is CCc1c(N2CCNCC2)c(=O)n2nc(N3CC(S(C)(=O)=O)C3)nc2n1CC(=O)Nc1ccc(C(F)(F)F)cc1Cl. The molecule has 2 N–H and O–H groups in total. The van der Waals surface area contributed by atoms with Crippen LogP contribution in [0.15, 0.2) is 23.0 Å². The second-order valence-electron chi connectivity index (χ2n) is 10.00. The van der Waals surface area contributed by atoms with E-state index >= 15 is 0 Å². The molecule has 5 rings (SSSR count). The number of carbonyl (C=O) groups excluding carboxylic acids is 1. The monoisotopic (exact) mass is 616 g/mol. The Labute approximate surface area is 238 Å². The molecule has 0 aliphatic carbocycles. The molecule has 2 aliphatic heterocycles. The number of nitrogens with one attached hydrogen (secondary N) is 2. The average Bonchev–Trinajstić information content (AvgIpc) is 3.30. The molecule has 0 unspecified atom stereocenters. The molecule has 2 aromatic heterocycles. The average molecular weight is 617 g/mol. The third kappa shape index (κ3) is 5.72. The summed E-state index contributed by atoms with van der Waals surface area (Å²) >= 11 is 6.04. The zero-order chi connectivity index (χ0) is 29.7. The van der Waals surface area contributed by atoms with Crippen LogP contribution in [0.3, 0.4) is 0 Å². The predicted octanol–water partition coefficient (Wildman–Crippen LogP) is 1.41. The van der Waals surface area contributed by atoms with Crippen LogP contribution in [0.5, 0.6) is 0 Å². The van der Waals surface area contributed by atoms with Gasteiger partial charge in [0.2, 0.25) is 17.6 Å². The Morgan fingerprint density at radius 3 is 2.46 bits per heavy atom. The second-order valence-corrected chi connectivity index (χ2v) is 12.7. The van der Waals surface area contributed by atoms with Gasteiger partial charge in [0.15, 0.2) is 9.84 Å². The van der Waals surface area contributed by atoms with E-state index in [1.54, 1.807) is 9.47 Å². The lowest BCUT2D eigenvalue weighted by molar-refractivity contribution is -0.137. The van der Waals surface area contributed by atoms with Crippen molar-refractivity contribution in [2.75, 3.05) is 60.6 Å². The van der Waals surface area contributed by atoms with Gasteiger partial charge in [-0.2, -0.15) is 22.7 Å². The third-order valence-electron chi connectivity index (χ3n) is 7.19. The summed E-state index contributed by atoms with van der Waals surface area (Å²) in [7, 11) is -3.26. The van der Waals surface area contributed by atoms with Gasteiger partial charge in [0, 0.05) is 45.5 Å². The van der Waals surface area contributed by atoms with Crippen molar-refractivity contribution in [2.24, 2.45) is 0 Å². The summed E-state index contributed by atoms with van der Waals surface area (Å²) in [6, 6.07) is 2.63. The molecule has 4 heterocycles. The molecular formula is C24H28ClF3N8O4S. The van der Waals surface area contributed by atoms with Crippen LogP contribution in [-0.2, 0) is 33.8 Å². The van der Waals surface area contributed by atoms with Crippen LogP contribution in [0.25, 0.3) is 5.78 Å². The van der Waals surface area contributed by atoms with E-state index in [2.05, 4.69) is 20.7 Å². The van der Waals surface area contributed by atoms with E-state index in [1.165, 1.54) is 0 Å². The van der Waals surface area contributed by atoms with Crippen molar-refractivity contribution >= 4 is 50.4 Å². The van der Waals surface area contributed by atoms with Gasteiger partial charge in [-0.25, -0.2) is 8.42 Å². The number of amides is 1. The molecule has 17 heteroatoms. The number of aromatic nitrogens is 4. The number of alkyl halides is 3. The number of benzene rings is 1. The van der Waals surface area contributed by atoms with Crippen LogP contribution in [0.4, 0.5) is 30.5 Å². The number of nitrogens with zero attached hydrogens (tertiary/aromatic N) is 6. The largest absolute Gasteiger partial charge is 0.416 e. The van der Waals surface area contributed by atoms with E-state index in [-0.39, 0.29) is 42.1 Å². The first-order chi connectivity index (χ1) is 19.3. The lowest BCUT2D eigenvalue weighted by Crippen LogP contribution is -2.55. The Kier molecular flexibility index (Phi) is 7.67. The van der Waals surface area contributed by atoms with Crippen molar-refractivity contribution in [3.05, 3.63) is 44.8 Å². The number of carbonyl (C=O) groups is 1. The summed E-state index contributed by atoms with van der Waals surface area (Å²) in [5.41, 5.74) is -0.459. The summed E-state index contributed by atoms with van der Waals surface area (Å²) in [4.78, 5) is 35.0. The van der Waals surface area contributed by atoms with Gasteiger partial charge in [-0.3, -0.25) is 9.59 Å². The molecule has 0 spiro atoms. The number of hydrogen-bond donors (Lipinski definition) is 2. The molecule has 0 atom stereocenters. The van der Waals surface area contributed by atoms with Gasteiger partial charge in [-0.15, -0.1) is 5.10 Å². The quantitative estimate of drug-likeness (QED) is 0.404. The van der Waals surface area contributed by atoms with Gasteiger partial charge < -0.3 is 25.0 Å². The number of anilines is 3. The summed E-state index contributed by atoms with van der Waals surface area (Å²) in [6.07, 6.45) is -3.07. The first-order valence-electron chi connectivity index (χ1n) is 12.9. The molecule has 12 nitrogen and oxygen atoms in total. The number of sulfone groups is 1. The van der Waals surface area contributed by atoms with Crippen molar-refractivity contribution in [3.63, 3.8) is 0 Å². The fourth-order valence-electron chi connectivity index (χ4n) is 4.94. The lowest BCUT2D eigenvalue weighted by Gasteiger charge is -2.36. The van der Waals surface area contributed by atoms with Crippen molar-refractivity contribution in [2.45, 2.75) is 31.3 Å². The van der Waals surface area contributed by atoms with Crippen molar-refractivity contribution < 1.29 is 26.4 Å². The van der Waals surface area contributed by atoms with E-state index in [0.717, 1.165) is 29.0 Å². The molecule has 2 fully saturated rings. The Bertz CT molecular complexity index is 1660. The van der Waals surface area contributed by atoms with Gasteiger partial charge in [-0.05, 0) is 24.6 Å². The van der Waals surface area contributed by atoms with Crippen molar-refractivity contribution in [1.29, 1.82) is 0 Å². The molecule has 0 radical (unpaired) electrons. The Morgan fingerprint density at radius 1 is 1.20 bits per heavy atom. The van der Waals surface area contributed by atoms with Crippen LogP contribution in [0.2, 0.25) is 5.02 Å². The minimum absolute atomic E-state index is 0.00309. The van der Waals surface area contributed by atoms with E-state index in [1.807, 2.05) is 11.8 Å². The van der Waals surface area contributed by atoms with Crippen LogP contribution in [-0.4, -0.2) is 84.3 Å². The molecule has 2 aliphatic rings. The highest BCUT2D eigenvalue weighted by atomic mass is 35.5. The molecule has 41 heavy (non-hydrogen) atoms. The standard InChI is InChI=1S/C24H28ClF3N8O4S/c1-3-18-20(33-8-6-29-7-9-33)21(38)36-23(31-22(32-36)34-11-15(12-34)41(2,39)40)35(18)13-19(37)30-17-5-4-14(10-16(17)25)24(26,27)28/h4-5,10,15,29H,3,6-9,11-13H2,1-2H3,(H,30,37). The first-order valence-corrected chi connectivity index (χ1v) is 15.2. The lowest BCUT2D eigenvalue weighted by atomic mass is 10.2. The normalized spacial score (nSPS) is 16.7. The summed E-state index contributed by atoms with van der Waals surface area (Å²) in [5, 5.41) is 9.31. The van der Waals surface area contributed by atoms with Crippen LogP contribution < -0.4 is 26.0 Å². The molecule has 222 valence electrons. The minimum Gasteiger partial charge on any atom is -0.363 e. The van der Waals surface area contributed by atoms with Gasteiger partial charge in [0.25, 0.3) is 5.56 Å². The molecule has 2 saturated heterocycles. The number of hydrogen-bond acceptors (Lipinski definition) is 9. The van der Waals surface area contributed by atoms with Gasteiger partial charge in [0.05, 0.1) is 27.2 Å². The van der Waals surface area contributed by atoms with Gasteiger partial charge >= 0.3 is 6.18 Å². The Balaban J connectivity index is 1.53. The highest BCUT2D eigenvalue weighted by Gasteiger charge is 2.37. The van der Waals surface area contributed by atoms with E-state index in [4.69, 9.17) is 11.6 Å². The smallest absolute Gasteiger partial charge is 0.363 e. The summed E-state index contributed by atoms with van der Waals surface area (Å²) < 4.78 is 65.6. The molecule has 3 aromatic rings. The van der Waals surface area contributed by atoms with Gasteiger partial charge in [0.1, 0.15) is 12.2 Å². The van der Waals surface area contributed by atoms with E-state index in [0.29, 0.717) is 44.0 Å². The second kappa shape index (κ2) is 10.8. The van der Waals surface area contributed by atoms with E-state index in [9.17, 15) is 31.2 Å². The molecule has 1 aromatic carbocycles. The summed E-state index contributed by atoms with van der Waals surface area (Å²) in [5.74, 6) is -0.373. The maximum Gasteiger partial charge on any atom is 0.416 e. The van der Waals surface area contributed by atoms with Crippen molar-refractivity contribution in [1.82, 2.24) is 24.5 Å². The Hall–Kier alpha value is -3.37. The zero-order valence-electron chi connectivity index (χ0n) is 22.2. The molecular weight excluding hydrogens is 589 g/mol. The number of halogens is 4. The fraction of sp³-hybridized carbons (Fsp3) is 0.500. The highest BCUT2D eigenvalue weighted by molar-refractivity contribution is 7.91. The van der Waals surface area contributed by atoms with E-state index < -0.39 is 38.3 Å². The first kappa shape index (κ1) is 29.1. The highest BCUT2D eigenvalue weighted by Crippen LogP contribution is 2.34. The van der Waals surface area contributed by atoms with Crippen LogP contribution >= 0.6 is 11.6 Å². The fourth-order valence-corrected chi connectivity index (χ4v) is 6.07. The Morgan fingerprint density at radius 2 is 1.88 bits per heavy atom. The van der Waals surface area contributed by atoms with Crippen molar-refractivity contribution in [3.8, 4) is 0 Å². The maximum absolute atomic E-state index is 13.7. The number of fused-ring (bicyclic) bond motifs is 1. The molecule has 0 saturated carbocycles. The number of rotatable bonds is 7. The third-order valence-corrected chi connectivity index (χ3v) is 9.01. The maximum atomic E-state index is 13.7.